The lowest BCUT2D eigenvalue weighted by Gasteiger charge is -2.34. The van der Waals surface area contributed by atoms with Crippen LogP contribution < -0.4 is 0 Å². The largest absolute Gasteiger partial charge is 0.459 e. The number of hydrogen-bond acceptors (Lipinski definition) is 5. The highest BCUT2D eigenvalue weighted by atomic mass is 16.5. The maximum absolute atomic E-state index is 12.4. The first-order valence-corrected chi connectivity index (χ1v) is 8.97. The molecule has 0 spiro atoms. The van der Waals surface area contributed by atoms with Crippen molar-refractivity contribution in [2.75, 3.05) is 32.8 Å². The molecule has 0 radical (unpaired) electrons. The SMILES string of the molecule is O=C(OCC(=O)N1CCN(C(=O)c2ccco2)CC1)c1c[nH]c2ccccc12. The first-order valence-electron chi connectivity index (χ1n) is 8.97. The molecule has 1 fully saturated rings. The fourth-order valence-corrected chi connectivity index (χ4v) is 3.25. The number of hydrogen-bond donors (Lipinski definition) is 1. The summed E-state index contributed by atoms with van der Waals surface area (Å²) in [6, 6.07) is 10.7. The molecule has 3 aromatic rings. The van der Waals surface area contributed by atoms with Crippen LogP contribution in [0.4, 0.5) is 0 Å². The molecule has 2 amide bonds. The second kappa shape index (κ2) is 7.59. The minimum Gasteiger partial charge on any atom is -0.459 e. The van der Waals surface area contributed by atoms with Gasteiger partial charge in [-0.3, -0.25) is 9.59 Å². The molecule has 1 aliphatic heterocycles. The normalized spacial score (nSPS) is 14.3. The number of H-pyrrole nitrogens is 1. The molecule has 2 aromatic heterocycles. The van der Waals surface area contributed by atoms with E-state index >= 15 is 0 Å². The van der Waals surface area contributed by atoms with Gasteiger partial charge in [0.05, 0.1) is 11.8 Å². The van der Waals surface area contributed by atoms with Crippen molar-refractivity contribution in [2.45, 2.75) is 0 Å². The van der Waals surface area contributed by atoms with Gasteiger partial charge < -0.3 is 23.9 Å². The van der Waals surface area contributed by atoms with Crippen molar-refractivity contribution in [3.05, 3.63) is 60.2 Å². The number of para-hydroxylation sites is 1. The maximum Gasteiger partial charge on any atom is 0.340 e. The topological polar surface area (TPSA) is 95.9 Å². The van der Waals surface area contributed by atoms with Crippen LogP contribution in [0.3, 0.4) is 0 Å². The average Bonchev–Trinajstić information content (AvgIpc) is 3.41. The van der Waals surface area contributed by atoms with Crippen LogP contribution >= 0.6 is 0 Å². The number of esters is 1. The number of piperazine rings is 1. The molecular formula is C20H19N3O5. The van der Waals surface area contributed by atoms with E-state index in [0.29, 0.717) is 31.7 Å². The Bertz CT molecular complexity index is 1000. The number of nitrogens with one attached hydrogen (secondary N) is 1. The Kier molecular flexibility index (Phi) is 4.84. The number of aromatic amines is 1. The van der Waals surface area contributed by atoms with Crippen molar-refractivity contribution in [3.8, 4) is 0 Å². The third-order valence-electron chi connectivity index (χ3n) is 4.79. The van der Waals surface area contributed by atoms with E-state index in [1.54, 1.807) is 28.1 Å². The van der Waals surface area contributed by atoms with Gasteiger partial charge in [0.2, 0.25) is 0 Å². The fourth-order valence-electron chi connectivity index (χ4n) is 3.25. The molecule has 0 atom stereocenters. The lowest BCUT2D eigenvalue weighted by atomic mass is 10.2. The predicted octanol–water partition coefficient (Wildman–Crippen LogP) is 1.90. The molecule has 4 rings (SSSR count). The fraction of sp³-hybridized carbons (Fsp3) is 0.250. The van der Waals surface area contributed by atoms with Gasteiger partial charge in [-0.2, -0.15) is 0 Å². The van der Waals surface area contributed by atoms with Gasteiger partial charge in [-0.05, 0) is 18.2 Å². The smallest absolute Gasteiger partial charge is 0.340 e. The molecule has 8 nitrogen and oxygen atoms in total. The molecule has 1 aliphatic rings. The molecule has 0 bridgehead atoms. The van der Waals surface area contributed by atoms with Gasteiger partial charge in [0.1, 0.15) is 0 Å². The number of ether oxygens (including phenoxy) is 1. The highest BCUT2D eigenvalue weighted by Gasteiger charge is 2.26. The molecule has 1 aromatic carbocycles. The highest BCUT2D eigenvalue weighted by Crippen LogP contribution is 2.18. The summed E-state index contributed by atoms with van der Waals surface area (Å²) in [6.07, 6.45) is 3.03. The van der Waals surface area contributed by atoms with Crippen LogP contribution in [0.2, 0.25) is 0 Å². The molecule has 144 valence electrons. The summed E-state index contributed by atoms with van der Waals surface area (Å²) < 4.78 is 10.3. The molecule has 0 aliphatic carbocycles. The Balaban J connectivity index is 1.29. The molecular weight excluding hydrogens is 362 g/mol. The van der Waals surface area contributed by atoms with Crippen LogP contribution in [-0.2, 0) is 9.53 Å². The van der Waals surface area contributed by atoms with Crippen LogP contribution in [0.1, 0.15) is 20.9 Å². The molecule has 0 unspecified atom stereocenters. The summed E-state index contributed by atoms with van der Waals surface area (Å²) in [7, 11) is 0. The Morgan fingerprint density at radius 3 is 2.50 bits per heavy atom. The second-order valence-electron chi connectivity index (χ2n) is 6.47. The second-order valence-corrected chi connectivity index (χ2v) is 6.47. The van der Waals surface area contributed by atoms with Crippen molar-refractivity contribution < 1.29 is 23.5 Å². The quantitative estimate of drug-likeness (QED) is 0.697. The van der Waals surface area contributed by atoms with Crippen LogP contribution in [0.15, 0.2) is 53.3 Å². The van der Waals surface area contributed by atoms with Crippen LogP contribution in [-0.4, -0.2) is 65.4 Å². The molecule has 28 heavy (non-hydrogen) atoms. The third-order valence-corrected chi connectivity index (χ3v) is 4.79. The molecule has 3 heterocycles. The third kappa shape index (κ3) is 3.48. The Hall–Kier alpha value is -3.55. The number of amides is 2. The maximum atomic E-state index is 12.4. The van der Waals surface area contributed by atoms with Gasteiger partial charge in [0.15, 0.2) is 12.4 Å². The van der Waals surface area contributed by atoms with E-state index in [2.05, 4.69) is 4.98 Å². The molecule has 1 N–H and O–H groups in total. The first-order chi connectivity index (χ1) is 13.6. The van der Waals surface area contributed by atoms with E-state index in [-0.39, 0.29) is 24.2 Å². The Morgan fingerprint density at radius 1 is 1.00 bits per heavy atom. The highest BCUT2D eigenvalue weighted by molar-refractivity contribution is 6.04. The van der Waals surface area contributed by atoms with E-state index < -0.39 is 5.97 Å². The van der Waals surface area contributed by atoms with Gasteiger partial charge in [0, 0.05) is 43.3 Å². The van der Waals surface area contributed by atoms with Crippen molar-refractivity contribution >= 4 is 28.7 Å². The molecule has 8 heteroatoms. The number of carbonyl (C=O) groups is 3. The standard InChI is InChI=1S/C20H19N3O5/c24-18(13-28-20(26)15-12-21-16-5-2-1-4-14(15)16)22-7-9-23(10-8-22)19(25)17-6-3-11-27-17/h1-6,11-12,21H,7-10,13H2. The van der Waals surface area contributed by atoms with Gasteiger partial charge in [-0.25, -0.2) is 4.79 Å². The van der Waals surface area contributed by atoms with E-state index in [9.17, 15) is 14.4 Å². The number of nitrogens with zero attached hydrogens (tertiary/aromatic N) is 2. The summed E-state index contributed by atoms with van der Waals surface area (Å²) in [6.45, 7) is 1.25. The average molecular weight is 381 g/mol. The van der Waals surface area contributed by atoms with Crippen molar-refractivity contribution in [3.63, 3.8) is 0 Å². The minimum atomic E-state index is -0.544. The zero-order valence-electron chi connectivity index (χ0n) is 15.1. The molecule has 1 saturated heterocycles. The summed E-state index contributed by atoms with van der Waals surface area (Å²) in [5.74, 6) is -0.731. The molecule has 0 saturated carbocycles. The number of fused-ring (bicyclic) bond motifs is 1. The van der Waals surface area contributed by atoms with Gasteiger partial charge in [-0.1, -0.05) is 18.2 Å². The van der Waals surface area contributed by atoms with Crippen LogP contribution in [0.5, 0.6) is 0 Å². The van der Waals surface area contributed by atoms with Crippen LogP contribution in [0.25, 0.3) is 10.9 Å². The number of rotatable bonds is 4. The van der Waals surface area contributed by atoms with E-state index in [4.69, 9.17) is 9.15 Å². The number of benzene rings is 1. The lowest BCUT2D eigenvalue weighted by Crippen LogP contribution is -2.51. The first kappa shape index (κ1) is 17.8. The van der Waals surface area contributed by atoms with Crippen molar-refractivity contribution in [1.29, 1.82) is 0 Å². The Morgan fingerprint density at radius 2 is 1.75 bits per heavy atom. The minimum absolute atomic E-state index is 0.192. The zero-order valence-corrected chi connectivity index (χ0v) is 15.1. The Labute approximate surface area is 160 Å². The number of carbonyl (C=O) groups excluding carboxylic acids is 3. The summed E-state index contributed by atoms with van der Waals surface area (Å²) >= 11 is 0. The monoisotopic (exact) mass is 381 g/mol. The summed E-state index contributed by atoms with van der Waals surface area (Å²) in [5.41, 5.74) is 1.23. The van der Waals surface area contributed by atoms with Crippen molar-refractivity contribution in [1.82, 2.24) is 14.8 Å². The van der Waals surface area contributed by atoms with E-state index in [1.165, 1.54) is 6.26 Å². The predicted molar refractivity (Wildman–Crippen MR) is 99.8 cm³/mol. The summed E-state index contributed by atoms with van der Waals surface area (Å²) in [5, 5.41) is 0.755. The van der Waals surface area contributed by atoms with Crippen LogP contribution in [0, 0.1) is 0 Å². The summed E-state index contributed by atoms with van der Waals surface area (Å²) in [4.78, 5) is 43.1. The lowest BCUT2D eigenvalue weighted by molar-refractivity contribution is -0.136. The van der Waals surface area contributed by atoms with E-state index in [0.717, 1.165) is 10.9 Å². The van der Waals surface area contributed by atoms with E-state index in [1.807, 2.05) is 24.3 Å². The van der Waals surface area contributed by atoms with Gasteiger partial charge in [-0.15, -0.1) is 0 Å². The zero-order chi connectivity index (χ0) is 19.5. The van der Waals surface area contributed by atoms with Crippen molar-refractivity contribution in [2.24, 2.45) is 0 Å². The van der Waals surface area contributed by atoms with Gasteiger partial charge >= 0.3 is 5.97 Å². The number of aromatic nitrogens is 1. The number of furan rings is 1. The van der Waals surface area contributed by atoms with Gasteiger partial charge in [0.25, 0.3) is 11.8 Å².